The molecular formula is C20H25N3O5. The third kappa shape index (κ3) is 5.32. The molecule has 2 heterocycles. The summed E-state index contributed by atoms with van der Waals surface area (Å²) < 4.78 is 10.7. The molecule has 1 fully saturated rings. The zero-order valence-corrected chi connectivity index (χ0v) is 16.1. The Balaban J connectivity index is 1.47. The van der Waals surface area contributed by atoms with Crippen LogP contribution in [0.15, 0.2) is 39.5 Å². The standard InChI is InChI=1S/C20H25N3O5/c1-14(2)21-18(24)12-22-7-9-23(10-8-22)19(25)13-27-16-5-3-15-4-6-20(26)28-17(15)11-16/h3-6,11,14H,7-10,12-13H2,1-2H3,(H,21,24). The van der Waals surface area contributed by atoms with E-state index in [0.29, 0.717) is 44.1 Å². The number of nitrogens with zero attached hydrogens (tertiary/aromatic N) is 2. The molecule has 0 unspecified atom stereocenters. The summed E-state index contributed by atoms with van der Waals surface area (Å²) in [5, 5.41) is 3.66. The number of ether oxygens (including phenoxy) is 1. The van der Waals surface area contributed by atoms with E-state index in [9.17, 15) is 14.4 Å². The highest BCUT2D eigenvalue weighted by Gasteiger charge is 2.22. The first-order valence-corrected chi connectivity index (χ1v) is 9.37. The van der Waals surface area contributed by atoms with Crippen molar-refractivity contribution in [2.45, 2.75) is 19.9 Å². The molecule has 0 bridgehead atoms. The quantitative estimate of drug-likeness (QED) is 0.739. The van der Waals surface area contributed by atoms with E-state index in [1.165, 1.54) is 6.07 Å². The van der Waals surface area contributed by atoms with Gasteiger partial charge in [0.05, 0.1) is 6.54 Å². The largest absolute Gasteiger partial charge is 0.484 e. The van der Waals surface area contributed by atoms with Gasteiger partial charge in [0, 0.05) is 49.7 Å². The summed E-state index contributed by atoms with van der Waals surface area (Å²) in [6.45, 7) is 6.54. The van der Waals surface area contributed by atoms with Crippen LogP contribution in [0, 0.1) is 0 Å². The van der Waals surface area contributed by atoms with Gasteiger partial charge in [-0.15, -0.1) is 0 Å². The van der Waals surface area contributed by atoms with Crippen molar-refractivity contribution in [2.24, 2.45) is 0 Å². The fraction of sp³-hybridized carbons (Fsp3) is 0.450. The van der Waals surface area contributed by atoms with Crippen molar-refractivity contribution in [1.29, 1.82) is 0 Å². The molecule has 0 saturated carbocycles. The molecule has 2 amide bonds. The lowest BCUT2D eigenvalue weighted by molar-refractivity contribution is -0.135. The fourth-order valence-electron chi connectivity index (χ4n) is 3.09. The summed E-state index contributed by atoms with van der Waals surface area (Å²) in [6.07, 6.45) is 0. The van der Waals surface area contributed by atoms with Crippen molar-refractivity contribution in [2.75, 3.05) is 39.3 Å². The maximum Gasteiger partial charge on any atom is 0.336 e. The van der Waals surface area contributed by atoms with Crippen LogP contribution < -0.4 is 15.7 Å². The maximum atomic E-state index is 12.4. The minimum absolute atomic E-state index is 0.000986. The molecule has 8 nitrogen and oxygen atoms in total. The summed E-state index contributed by atoms with van der Waals surface area (Å²) in [5.74, 6) is 0.362. The molecule has 8 heteroatoms. The van der Waals surface area contributed by atoms with E-state index in [0.717, 1.165) is 5.39 Å². The molecule has 2 aromatic rings. The van der Waals surface area contributed by atoms with E-state index in [2.05, 4.69) is 5.32 Å². The van der Waals surface area contributed by atoms with Crippen LogP contribution in [0.25, 0.3) is 11.0 Å². The molecule has 28 heavy (non-hydrogen) atoms. The van der Waals surface area contributed by atoms with Gasteiger partial charge in [-0.25, -0.2) is 4.79 Å². The molecule has 1 N–H and O–H groups in total. The minimum Gasteiger partial charge on any atom is -0.484 e. The van der Waals surface area contributed by atoms with Gasteiger partial charge in [0.2, 0.25) is 5.91 Å². The predicted octanol–water partition coefficient (Wildman–Crippen LogP) is 0.841. The van der Waals surface area contributed by atoms with Crippen molar-refractivity contribution in [1.82, 2.24) is 15.1 Å². The van der Waals surface area contributed by atoms with Gasteiger partial charge in [-0.3, -0.25) is 14.5 Å². The Morgan fingerprint density at radius 2 is 1.86 bits per heavy atom. The van der Waals surface area contributed by atoms with Gasteiger partial charge in [-0.05, 0) is 32.0 Å². The lowest BCUT2D eigenvalue weighted by atomic mass is 10.2. The smallest absolute Gasteiger partial charge is 0.336 e. The van der Waals surface area contributed by atoms with E-state index in [4.69, 9.17) is 9.15 Å². The lowest BCUT2D eigenvalue weighted by Crippen LogP contribution is -2.52. The van der Waals surface area contributed by atoms with Gasteiger partial charge >= 0.3 is 5.63 Å². The van der Waals surface area contributed by atoms with Crippen LogP contribution >= 0.6 is 0 Å². The number of fused-ring (bicyclic) bond motifs is 1. The Bertz CT molecular complexity index is 900. The summed E-state index contributed by atoms with van der Waals surface area (Å²) in [6, 6.07) is 8.28. The van der Waals surface area contributed by atoms with E-state index in [1.54, 1.807) is 29.2 Å². The van der Waals surface area contributed by atoms with E-state index in [1.807, 2.05) is 18.7 Å². The Morgan fingerprint density at radius 3 is 2.57 bits per heavy atom. The van der Waals surface area contributed by atoms with E-state index in [-0.39, 0.29) is 24.5 Å². The topological polar surface area (TPSA) is 92.1 Å². The average Bonchev–Trinajstić information content (AvgIpc) is 2.65. The number of nitrogens with one attached hydrogen (secondary N) is 1. The number of carbonyl (C=O) groups excluding carboxylic acids is 2. The normalized spacial score (nSPS) is 15.0. The Labute approximate surface area is 163 Å². The zero-order valence-electron chi connectivity index (χ0n) is 16.1. The number of carbonyl (C=O) groups is 2. The Morgan fingerprint density at radius 1 is 1.14 bits per heavy atom. The first-order valence-electron chi connectivity index (χ1n) is 9.37. The van der Waals surface area contributed by atoms with Crippen molar-refractivity contribution in [3.63, 3.8) is 0 Å². The second-order valence-electron chi connectivity index (χ2n) is 7.12. The molecule has 0 spiro atoms. The number of amides is 2. The second-order valence-corrected chi connectivity index (χ2v) is 7.12. The first kappa shape index (κ1) is 19.9. The van der Waals surface area contributed by atoms with Gasteiger partial charge in [0.15, 0.2) is 6.61 Å². The third-order valence-corrected chi connectivity index (χ3v) is 4.50. The highest BCUT2D eigenvalue weighted by Crippen LogP contribution is 2.19. The van der Waals surface area contributed by atoms with Gasteiger partial charge in [0.1, 0.15) is 11.3 Å². The molecule has 1 aliphatic heterocycles. The van der Waals surface area contributed by atoms with Crippen molar-refractivity contribution in [3.05, 3.63) is 40.8 Å². The van der Waals surface area contributed by atoms with Crippen LogP contribution in [0.3, 0.4) is 0 Å². The molecule has 0 aliphatic carbocycles. The molecule has 0 radical (unpaired) electrons. The number of piperazine rings is 1. The summed E-state index contributed by atoms with van der Waals surface area (Å²) in [5.41, 5.74) is -0.00795. The van der Waals surface area contributed by atoms with Crippen LogP contribution in [-0.2, 0) is 9.59 Å². The summed E-state index contributed by atoms with van der Waals surface area (Å²) in [7, 11) is 0. The molecule has 1 aromatic carbocycles. The maximum absolute atomic E-state index is 12.4. The highest BCUT2D eigenvalue weighted by molar-refractivity contribution is 5.80. The molecule has 1 aliphatic rings. The predicted molar refractivity (Wildman–Crippen MR) is 104 cm³/mol. The molecule has 1 aromatic heterocycles. The van der Waals surface area contributed by atoms with Gasteiger partial charge in [-0.1, -0.05) is 0 Å². The Kier molecular flexibility index (Phi) is 6.30. The van der Waals surface area contributed by atoms with Crippen molar-refractivity contribution >= 4 is 22.8 Å². The van der Waals surface area contributed by atoms with Crippen molar-refractivity contribution in [3.8, 4) is 5.75 Å². The van der Waals surface area contributed by atoms with Gasteiger partial charge in [-0.2, -0.15) is 0 Å². The molecule has 0 atom stereocenters. The van der Waals surface area contributed by atoms with Crippen LogP contribution in [0.2, 0.25) is 0 Å². The lowest BCUT2D eigenvalue weighted by Gasteiger charge is -2.34. The van der Waals surface area contributed by atoms with Crippen LogP contribution in [-0.4, -0.2) is 67.0 Å². The van der Waals surface area contributed by atoms with Gasteiger partial charge in [0.25, 0.3) is 5.91 Å². The monoisotopic (exact) mass is 387 g/mol. The molecule has 3 rings (SSSR count). The highest BCUT2D eigenvalue weighted by atomic mass is 16.5. The average molecular weight is 387 g/mol. The molecular weight excluding hydrogens is 362 g/mol. The zero-order chi connectivity index (χ0) is 20.1. The SMILES string of the molecule is CC(C)NC(=O)CN1CCN(C(=O)COc2ccc3ccc(=O)oc3c2)CC1. The molecule has 150 valence electrons. The summed E-state index contributed by atoms with van der Waals surface area (Å²) >= 11 is 0. The first-order chi connectivity index (χ1) is 13.4. The van der Waals surface area contributed by atoms with E-state index < -0.39 is 5.63 Å². The van der Waals surface area contributed by atoms with Crippen molar-refractivity contribution < 1.29 is 18.7 Å². The fourth-order valence-corrected chi connectivity index (χ4v) is 3.09. The van der Waals surface area contributed by atoms with Gasteiger partial charge < -0.3 is 19.4 Å². The molecule has 1 saturated heterocycles. The van der Waals surface area contributed by atoms with Crippen LogP contribution in [0.5, 0.6) is 5.75 Å². The van der Waals surface area contributed by atoms with Crippen LogP contribution in [0.1, 0.15) is 13.8 Å². The number of rotatable bonds is 6. The minimum atomic E-state index is -0.430. The Hall–Kier alpha value is -2.87. The third-order valence-electron chi connectivity index (χ3n) is 4.50. The second kappa shape index (κ2) is 8.88. The van der Waals surface area contributed by atoms with E-state index >= 15 is 0 Å². The number of hydrogen-bond donors (Lipinski definition) is 1. The number of hydrogen-bond acceptors (Lipinski definition) is 6. The summed E-state index contributed by atoms with van der Waals surface area (Å²) in [4.78, 5) is 39.3. The number of benzene rings is 1. The van der Waals surface area contributed by atoms with Crippen LogP contribution in [0.4, 0.5) is 0 Å².